The van der Waals surface area contributed by atoms with Crippen molar-refractivity contribution < 1.29 is 27.8 Å². The molecule has 36 heavy (non-hydrogen) atoms. The molecule has 7 nitrogen and oxygen atoms in total. The molecule has 0 aliphatic carbocycles. The van der Waals surface area contributed by atoms with Gasteiger partial charge in [-0.15, -0.1) is 0 Å². The van der Waals surface area contributed by atoms with Crippen molar-refractivity contribution in [2.45, 2.75) is 38.3 Å². The molecule has 2 amide bonds. The van der Waals surface area contributed by atoms with Crippen molar-refractivity contribution in [3.63, 3.8) is 0 Å². The fourth-order valence-electron chi connectivity index (χ4n) is 3.99. The van der Waals surface area contributed by atoms with Gasteiger partial charge in [0.2, 0.25) is 5.88 Å². The van der Waals surface area contributed by atoms with E-state index in [-0.39, 0.29) is 12.5 Å². The number of aliphatic hydroxyl groups excluding tert-OH is 1. The van der Waals surface area contributed by atoms with E-state index in [1.54, 1.807) is 30.3 Å². The van der Waals surface area contributed by atoms with Gasteiger partial charge in [0.15, 0.2) is 0 Å². The number of fused-ring (bicyclic) bond motifs is 1. The standard InChI is InChI=1S/C26H27F3N4O3/c1-17-12-13-33(25(35)32-22-8-5-9-23(31-22)36-15-3-2-14-34)24-20(17)10-11-21(30-24)18-6-4-7-19(16-18)26(27,28)29/h4-11,16-17,34H,2-3,12-15H2,1H3,(H,31,32,35). The minimum atomic E-state index is -4.46. The first-order chi connectivity index (χ1) is 17.3. The lowest BCUT2D eigenvalue weighted by Crippen LogP contribution is -2.40. The lowest BCUT2D eigenvalue weighted by molar-refractivity contribution is -0.137. The number of rotatable bonds is 7. The maximum atomic E-state index is 13.2. The normalized spacial score (nSPS) is 15.4. The number of nitrogens with zero attached hydrogens (tertiary/aromatic N) is 3. The summed E-state index contributed by atoms with van der Waals surface area (Å²) in [6, 6.07) is 13.1. The highest BCUT2D eigenvalue weighted by Crippen LogP contribution is 2.37. The second kappa shape index (κ2) is 10.9. The Morgan fingerprint density at radius 1 is 1.14 bits per heavy atom. The zero-order chi connectivity index (χ0) is 25.7. The largest absolute Gasteiger partial charge is 0.478 e. The lowest BCUT2D eigenvalue weighted by atomic mass is 9.93. The van der Waals surface area contributed by atoms with Gasteiger partial charge in [0.25, 0.3) is 0 Å². The van der Waals surface area contributed by atoms with Crippen molar-refractivity contribution in [2.24, 2.45) is 0 Å². The fourth-order valence-corrected chi connectivity index (χ4v) is 3.99. The number of anilines is 2. The van der Waals surface area contributed by atoms with Crippen LogP contribution in [0.3, 0.4) is 0 Å². The fraction of sp³-hybridized carbons (Fsp3) is 0.346. The summed E-state index contributed by atoms with van der Waals surface area (Å²) in [6.45, 7) is 2.91. The first-order valence-corrected chi connectivity index (χ1v) is 11.7. The van der Waals surface area contributed by atoms with Crippen LogP contribution in [0.5, 0.6) is 5.88 Å². The molecular formula is C26H27F3N4O3. The Kier molecular flexibility index (Phi) is 7.73. The van der Waals surface area contributed by atoms with Gasteiger partial charge in [-0.3, -0.25) is 10.2 Å². The lowest BCUT2D eigenvalue weighted by Gasteiger charge is -2.32. The molecule has 3 heterocycles. The molecule has 0 bridgehead atoms. The Morgan fingerprint density at radius 3 is 2.72 bits per heavy atom. The van der Waals surface area contributed by atoms with Crippen molar-refractivity contribution in [3.8, 4) is 17.1 Å². The van der Waals surface area contributed by atoms with Crippen LogP contribution in [-0.4, -0.2) is 40.9 Å². The third kappa shape index (κ3) is 5.93. The average Bonchev–Trinajstić information content (AvgIpc) is 2.86. The number of halogens is 3. The molecule has 1 atom stereocenters. The highest BCUT2D eigenvalue weighted by molar-refractivity contribution is 6.01. The van der Waals surface area contributed by atoms with Crippen LogP contribution < -0.4 is 15.0 Å². The summed E-state index contributed by atoms with van der Waals surface area (Å²) >= 11 is 0. The van der Waals surface area contributed by atoms with Gasteiger partial charge in [0.05, 0.1) is 17.9 Å². The van der Waals surface area contributed by atoms with Crippen LogP contribution >= 0.6 is 0 Å². The highest BCUT2D eigenvalue weighted by atomic mass is 19.4. The van der Waals surface area contributed by atoms with Gasteiger partial charge in [-0.05, 0) is 55.0 Å². The number of hydrogen-bond acceptors (Lipinski definition) is 5. The molecule has 0 saturated heterocycles. The molecule has 1 aliphatic heterocycles. The van der Waals surface area contributed by atoms with Gasteiger partial charge < -0.3 is 9.84 Å². The number of carbonyl (C=O) groups is 1. The van der Waals surface area contributed by atoms with Crippen LogP contribution in [-0.2, 0) is 6.18 Å². The van der Waals surface area contributed by atoms with E-state index in [9.17, 15) is 18.0 Å². The maximum absolute atomic E-state index is 13.2. The molecule has 0 spiro atoms. The van der Waals surface area contributed by atoms with Crippen molar-refractivity contribution in [3.05, 3.63) is 65.7 Å². The first kappa shape index (κ1) is 25.4. The number of aromatic nitrogens is 2. The van der Waals surface area contributed by atoms with Crippen LogP contribution in [0.15, 0.2) is 54.6 Å². The number of ether oxygens (including phenoxy) is 1. The van der Waals surface area contributed by atoms with Gasteiger partial charge >= 0.3 is 12.2 Å². The number of pyridine rings is 2. The van der Waals surface area contributed by atoms with E-state index in [1.165, 1.54) is 11.0 Å². The summed E-state index contributed by atoms with van der Waals surface area (Å²) in [5.74, 6) is 1.20. The number of nitrogens with one attached hydrogen (secondary N) is 1. The minimum Gasteiger partial charge on any atom is -0.478 e. The topological polar surface area (TPSA) is 87.6 Å². The molecule has 1 unspecified atom stereocenters. The summed E-state index contributed by atoms with van der Waals surface area (Å²) < 4.78 is 45.2. The van der Waals surface area contributed by atoms with Crippen LogP contribution in [0.4, 0.5) is 29.6 Å². The predicted octanol–water partition coefficient (Wildman–Crippen LogP) is 5.86. The van der Waals surface area contributed by atoms with E-state index in [4.69, 9.17) is 9.84 Å². The van der Waals surface area contributed by atoms with Crippen molar-refractivity contribution in [2.75, 3.05) is 30.0 Å². The minimum absolute atomic E-state index is 0.0896. The third-order valence-electron chi connectivity index (χ3n) is 5.97. The Balaban J connectivity index is 1.56. The SMILES string of the molecule is CC1CCN(C(=O)Nc2cccc(OCCCCO)n2)c2nc(-c3cccc(C(F)(F)F)c3)ccc21. The van der Waals surface area contributed by atoms with E-state index in [0.717, 1.165) is 17.7 Å². The summed E-state index contributed by atoms with van der Waals surface area (Å²) in [7, 11) is 0. The van der Waals surface area contributed by atoms with Gasteiger partial charge in [-0.1, -0.05) is 31.2 Å². The summed E-state index contributed by atoms with van der Waals surface area (Å²) in [5.41, 5.74) is 0.759. The van der Waals surface area contributed by atoms with Crippen molar-refractivity contribution in [1.82, 2.24) is 9.97 Å². The molecule has 2 aromatic heterocycles. The van der Waals surface area contributed by atoms with Gasteiger partial charge in [0.1, 0.15) is 11.6 Å². The Bertz CT molecular complexity index is 1220. The van der Waals surface area contributed by atoms with Gasteiger partial charge in [-0.25, -0.2) is 9.78 Å². The third-order valence-corrected chi connectivity index (χ3v) is 5.97. The number of carbonyl (C=O) groups excluding carboxylic acids is 1. The number of benzene rings is 1. The smallest absolute Gasteiger partial charge is 0.416 e. The van der Waals surface area contributed by atoms with E-state index < -0.39 is 17.8 Å². The van der Waals surface area contributed by atoms with Crippen molar-refractivity contribution >= 4 is 17.7 Å². The Labute approximate surface area is 207 Å². The van der Waals surface area contributed by atoms with E-state index in [0.29, 0.717) is 61.2 Å². The average molecular weight is 501 g/mol. The number of alkyl halides is 3. The summed E-state index contributed by atoms with van der Waals surface area (Å²) in [5, 5.41) is 11.6. The van der Waals surface area contributed by atoms with Gasteiger partial charge in [0, 0.05) is 24.8 Å². The van der Waals surface area contributed by atoms with Crippen LogP contribution in [0, 0.1) is 0 Å². The Morgan fingerprint density at radius 2 is 1.94 bits per heavy atom. The predicted molar refractivity (Wildman–Crippen MR) is 130 cm³/mol. The molecule has 2 N–H and O–H groups in total. The molecule has 3 aromatic rings. The number of urea groups is 1. The molecule has 10 heteroatoms. The molecule has 1 aromatic carbocycles. The molecule has 0 radical (unpaired) electrons. The quantitative estimate of drug-likeness (QED) is 0.397. The summed E-state index contributed by atoms with van der Waals surface area (Å²) in [4.78, 5) is 23.6. The molecule has 0 fully saturated rings. The zero-order valence-corrected chi connectivity index (χ0v) is 19.8. The number of amides is 2. The monoisotopic (exact) mass is 500 g/mol. The number of unbranched alkanes of at least 4 members (excludes halogenated alkanes) is 1. The van der Waals surface area contributed by atoms with Crippen molar-refractivity contribution in [1.29, 1.82) is 0 Å². The van der Waals surface area contributed by atoms with E-state index in [2.05, 4.69) is 15.3 Å². The number of aliphatic hydroxyl groups is 1. The summed E-state index contributed by atoms with van der Waals surface area (Å²) in [6.07, 6.45) is -2.45. The molecule has 1 aliphatic rings. The van der Waals surface area contributed by atoms with Crippen LogP contribution in [0.25, 0.3) is 11.3 Å². The zero-order valence-electron chi connectivity index (χ0n) is 19.8. The molecule has 4 rings (SSSR count). The second-order valence-electron chi connectivity index (χ2n) is 8.60. The van der Waals surface area contributed by atoms with E-state index in [1.807, 2.05) is 13.0 Å². The second-order valence-corrected chi connectivity index (χ2v) is 8.60. The highest BCUT2D eigenvalue weighted by Gasteiger charge is 2.31. The van der Waals surface area contributed by atoms with Crippen LogP contribution in [0.1, 0.15) is 43.2 Å². The Hall–Kier alpha value is -3.66. The maximum Gasteiger partial charge on any atom is 0.416 e. The first-order valence-electron chi connectivity index (χ1n) is 11.7. The van der Waals surface area contributed by atoms with Crippen LogP contribution in [0.2, 0.25) is 0 Å². The number of hydrogen-bond donors (Lipinski definition) is 2. The molecule has 190 valence electrons. The van der Waals surface area contributed by atoms with Gasteiger partial charge in [-0.2, -0.15) is 18.2 Å². The molecule has 0 saturated carbocycles. The van der Waals surface area contributed by atoms with E-state index >= 15 is 0 Å². The molecular weight excluding hydrogens is 473 g/mol.